The number of esters is 1. The molecule has 0 radical (unpaired) electrons. The van der Waals surface area contributed by atoms with E-state index in [1.165, 1.54) is 12.7 Å². The number of hydrogen-bond acceptors (Lipinski definition) is 5. The molecule has 3 heterocycles. The summed E-state index contributed by atoms with van der Waals surface area (Å²) in [5.41, 5.74) is 4.49. The van der Waals surface area contributed by atoms with Crippen molar-refractivity contribution in [2.75, 3.05) is 33.3 Å². The molecule has 0 spiro atoms. The number of ether oxygens (including phenoxy) is 1. The van der Waals surface area contributed by atoms with Crippen molar-refractivity contribution >= 4 is 27.8 Å². The largest absolute Gasteiger partial charge is 0.469 e. The molecule has 1 fully saturated rings. The number of rotatable bonds is 6. The molecule has 4 aromatic rings. The second kappa shape index (κ2) is 9.44. The Morgan fingerprint density at radius 3 is 2.53 bits per heavy atom. The van der Waals surface area contributed by atoms with Gasteiger partial charge in [-0.15, -0.1) is 0 Å². The molecule has 1 unspecified atom stereocenters. The summed E-state index contributed by atoms with van der Waals surface area (Å²) in [4.78, 5) is 35.4. The van der Waals surface area contributed by atoms with E-state index in [4.69, 9.17) is 4.74 Å². The van der Waals surface area contributed by atoms with Crippen molar-refractivity contribution < 1.29 is 9.53 Å². The maximum atomic E-state index is 12.7. The Hall–Kier alpha value is -3.42. The summed E-state index contributed by atoms with van der Waals surface area (Å²) in [5, 5.41) is 2.11. The molecule has 34 heavy (non-hydrogen) atoms. The lowest BCUT2D eigenvalue weighted by molar-refractivity contribution is -0.142. The Morgan fingerprint density at radius 2 is 1.74 bits per heavy atom. The Kier molecular flexibility index (Phi) is 6.22. The summed E-state index contributed by atoms with van der Waals surface area (Å²) in [6.07, 6.45) is 0.434. The van der Waals surface area contributed by atoms with Gasteiger partial charge >= 0.3 is 5.97 Å². The standard InChI is InChI=1S/C27H30N4O3/c1-18(13-26(32)34-2)31-11-9-30(10-12-31)17-19-7-8-24-21(14-19)16-25(28-24)22-15-20-5-3-4-6-23(20)29-27(22)33/h3-8,14-16,18,28H,9-13,17H2,1-2H3,(H,29,33). The molecule has 1 aliphatic rings. The molecule has 2 aromatic carbocycles. The van der Waals surface area contributed by atoms with Crippen LogP contribution in [0.15, 0.2) is 59.4 Å². The highest BCUT2D eigenvalue weighted by Gasteiger charge is 2.23. The maximum absolute atomic E-state index is 12.7. The zero-order chi connectivity index (χ0) is 23.7. The van der Waals surface area contributed by atoms with Gasteiger partial charge in [0.05, 0.1) is 24.8 Å². The molecular weight excluding hydrogens is 428 g/mol. The van der Waals surface area contributed by atoms with Gasteiger partial charge < -0.3 is 14.7 Å². The van der Waals surface area contributed by atoms with Crippen LogP contribution in [0.5, 0.6) is 0 Å². The van der Waals surface area contributed by atoms with E-state index in [1.807, 2.05) is 30.3 Å². The molecule has 1 aliphatic heterocycles. The summed E-state index contributed by atoms with van der Waals surface area (Å²) in [7, 11) is 1.44. The van der Waals surface area contributed by atoms with E-state index < -0.39 is 0 Å². The van der Waals surface area contributed by atoms with E-state index in [0.717, 1.165) is 60.2 Å². The van der Waals surface area contributed by atoms with Gasteiger partial charge in [0.2, 0.25) is 0 Å². The fourth-order valence-electron chi connectivity index (χ4n) is 4.85. The van der Waals surface area contributed by atoms with Crippen molar-refractivity contribution in [2.45, 2.75) is 25.9 Å². The van der Waals surface area contributed by atoms with Crippen molar-refractivity contribution in [1.82, 2.24) is 19.8 Å². The Balaban J connectivity index is 1.28. The maximum Gasteiger partial charge on any atom is 0.307 e. The Labute approximate surface area is 198 Å². The number of hydrogen-bond donors (Lipinski definition) is 2. The minimum atomic E-state index is -0.153. The predicted octanol–water partition coefficient (Wildman–Crippen LogP) is 3.75. The lowest BCUT2D eigenvalue weighted by Gasteiger charge is -2.37. The summed E-state index contributed by atoms with van der Waals surface area (Å²) in [6.45, 7) is 6.79. The van der Waals surface area contributed by atoms with Gasteiger partial charge in [-0.3, -0.25) is 19.4 Å². The average Bonchev–Trinajstić information content (AvgIpc) is 3.27. The highest BCUT2D eigenvalue weighted by Crippen LogP contribution is 2.25. The van der Waals surface area contributed by atoms with E-state index in [1.54, 1.807) is 0 Å². The first-order chi connectivity index (χ1) is 16.5. The number of carbonyl (C=O) groups is 1. The molecule has 0 aliphatic carbocycles. The minimum absolute atomic E-state index is 0.0928. The lowest BCUT2D eigenvalue weighted by atomic mass is 10.1. The van der Waals surface area contributed by atoms with Crippen LogP contribution in [0.2, 0.25) is 0 Å². The molecule has 0 bridgehead atoms. The number of piperazine rings is 1. The van der Waals surface area contributed by atoms with Crippen LogP contribution in [0.1, 0.15) is 18.9 Å². The minimum Gasteiger partial charge on any atom is -0.469 e. The van der Waals surface area contributed by atoms with Gasteiger partial charge in [-0.25, -0.2) is 0 Å². The van der Waals surface area contributed by atoms with Gasteiger partial charge in [0, 0.05) is 55.2 Å². The van der Waals surface area contributed by atoms with Gasteiger partial charge in [0.15, 0.2) is 0 Å². The third-order valence-electron chi connectivity index (χ3n) is 6.85. The van der Waals surface area contributed by atoms with Crippen LogP contribution >= 0.6 is 0 Å². The molecule has 0 saturated carbocycles. The van der Waals surface area contributed by atoms with E-state index in [2.05, 4.69) is 51.0 Å². The number of para-hydroxylation sites is 1. The van der Waals surface area contributed by atoms with Crippen LogP contribution in [-0.2, 0) is 16.1 Å². The number of nitrogens with zero attached hydrogens (tertiary/aromatic N) is 2. The van der Waals surface area contributed by atoms with Gasteiger partial charge in [-0.2, -0.15) is 0 Å². The lowest BCUT2D eigenvalue weighted by Crippen LogP contribution is -2.49. The molecule has 0 amide bonds. The van der Waals surface area contributed by atoms with Crippen LogP contribution in [0.3, 0.4) is 0 Å². The summed E-state index contributed by atoms with van der Waals surface area (Å²) < 4.78 is 4.80. The number of H-pyrrole nitrogens is 2. The number of aromatic nitrogens is 2. The molecule has 1 atom stereocenters. The SMILES string of the molecule is COC(=O)CC(C)N1CCN(Cc2ccc3[nH]c(-c4cc5ccccc5[nH]c4=O)cc3c2)CC1. The number of nitrogens with one attached hydrogen (secondary N) is 2. The van der Waals surface area contributed by atoms with Crippen molar-refractivity contribution in [3.8, 4) is 11.3 Å². The predicted molar refractivity (Wildman–Crippen MR) is 135 cm³/mol. The van der Waals surface area contributed by atoms with Crippen LogP contribution in [-0.4, -0.2) is 65.1 Å². The second-order valence-corrected chi connectivity index (χ2v) is 9.15. The number of benzene rings is 2. The highest BCUT2D eigenvalue weighted by atomic mass is 16.5. The molecule has 7 heteroatoms. The molecule has 2 aromatic heterocycles. The van der Waals surface area contributed by atoms with E-state index in [9.17, 15) is 9.59 Å². The van der Waals surface area contributed by atoms with Gasteiger partial charge in [0.25, 0.3) is 5.56 Å². The number of methoxy groups -OCH3 is 1. The fraction of sp³-hybridized carbons (Fsp3) is 0.333. The van der Waals surface area contributed by atoms with Crippen molar-refractivity contribution in [3.63, 3.8) is 0 Å². The van der Waals surface area contributed by atoms with E-state index in [0.29, 0.717) is 12.0 Å². The first-order valence-corrected chi connectivity index (χ1v) is 11.8. The van der Waals surface area contributed by atoms with Crippen molar-refractivity contribution in [2.24, 2.45) is 0 Å². The van der Waals surface area contributed by atoms with Crippen LogP contribution in [0, 0.1) is 0 Å². The monoisotopic (exact) mass is 458 g/mol. The zero-order valence-electron chi connectivity index (χ0n) is 19.6. The molecular formula is C27H30N4O3. The summed E-state index contributed by atoms with van der Waals surface area (Å²) in [6, 6.07) is 18.5. The quantitative estimate of drug-likeness (QED) is 0.430. The number of aromatic amines is 2. The number of carbonyl (C=O) groups excluding carboxylic acids is 1. The zero-order valence-corrected chi connectivity index (χ0v) is 19.6. The van der Waals surface area contributed by atoms with E-state index >= 15 is 0 Å². The fourth-order valence-corrected chi connectivity index (χ4v) is 4.85. The molecule has 5 rings (SSSR count). The first kappa shape index (κ1) is 22.4. The molecule has 7 nitrogen and oxygen atoms in total. The van der Waals surface area contributed by atoms with Crippen LogP contribution in [0.25, 0.3) is 33.1 Å². The average molecular weight is 459 g/mol. The summed E-state index contributed by atoms with van der Waals surface area (Å²) in [5.74, 6) is -0.153. The van der Waals surface area contributed by atoms with Crippen LogP contribution < -0.4 is 5.56 Å². The van der Waals surface area contributed by atoms with Gasteiger partial charge in [0.1, 0.15) is 0 Å². The topological polar surface area (TPSA) is 81.4 Å². The number of fused-ring (bicyclic) bond motifs is 2. The summed E-state index contributed by atoms with van der Waals surface area (Å²) >= 11 is 0. The Bertz CT molecular complexity index is 1380. The smallest absolute Gasteiger partial charge is 0.307 e. The third kappa shape index (κ3) is 4.62. The first-order valence-electron chi connectivity index (χ1n) is 11.8. The van der Waals surface area contributed by atoms with Crippen LogP contribution in [0.4, 0.5) is 0 Å². The van der Waals surface area contributed by atoms with Crippen molar-refractivity contribution in [3.05, 3.63) is 70.5 Å². The van der Waals surface area contributed by atoms with E-state index in [-0.39, 0.29) is 17.6 Å². The molecule has 2 N–H and O–H groups in total. The third-order valence-corrected chi connectivity index (χ3v) is 6.85. The molecule has 176 valence electrons. The second-order valence-electron chi connectivity index (χ2n) is 9.15. The van der Waals surface area contributed by atoms with Crippen molar-refractivity contribution in [1.29, 1.82) is 0 Å². The van der Waals surface area contributed by atoms with Gasteiger partial charge in [-0.1, -0.05) is 24.3 Å². The highest BCUT2D eigenvalue weighted by molar-refractivity contribution is 5.89. The Morgan fingerprint density at radius 1 is 0.971 bits per heavy atom. The molecule has 1 saturated heterocycles. The number of pyridine rings is 1. The normalized spacial score (nSPS) is 16.2. The van der Waals surface area contributed by atoms with Gasteiger partial charge in [-0.05, 0) is 48.2 Å².